The van der Waals surface area contributed by atoms with Crippen LogP contribution in [0.15, 0.2) is 36.4 Å². The number of likely N-dealkylation sites (N-methyl/N-ethyl adjacent to an activating group) is 1. The number of nitriles is 1. The highest BCUT2D eigenvalue weighted by molar-refractivity contribution is 5.97. The molecule has 2 heterocycles. The molecule has 2 fully saturated rings. The third kappa shape index (κ3) is 4.68. The van der Waals surface area contributed by atoms with Gasteiger partial charge in [-0.25, -0.2) is 4.98 Å². The number of amides is 1. The number of rotatable bonds is 7. The molecule has 1 N–H and O–H groups in total. The van der Waals surface area contributed by atoms with Crippen molar-refractivity contribution >= 4 is 5.91 Å². The number of imidazole rings is 1. The van der Waals surface area contributed by atoms with E-state index in [1.54, 1.807) is 0 Å². The Kier molecular flexibility index (Phi) is 6.68. The molecule has 36 heavy (non-hydrogen) atoms. The van der Waals surface area contributed by atoms with Crippen LogP contribution < -0.4 is 0 Å². The van der Waals surface area contributed by atoms with Gasteiger partial charge in [-0.05, 0) is 81.6 Å². The molecule has 0 atom stereocenters. The Hall–Kier alpha value is -3.43. The molecule has 0 spiro atoms. The molecule has 1 aliphatic carbocycles. The maximum absolute atomic E-state index is 13.6. The molecule has 5 rings (SSSR count). The molecular formula is C30H35N5O. The van der Waals surface area contributed by atoms with E-state index in [0.29, 0.717) is 30.5 Å². The number of nitrogens with zero attached hydrogens (tertiary/aromatic N) is 4. The summed E-state index contributed by atoms with van der Waals surface area (Å²) in [4.78, 5) is 26.2. The number of aromatic amines is 1. The van der Waals surface area contributed by atoms with Gasteiger partial charge in [-0.15, -0.1) is 0 Å². The van der Waals surface area contributed by atoms with Crippen molar-refractivity contribution in [2.75, 3.05) is 33.7 Å². The van der Waals surface area contributed by atoms with Gasteiger partial charge in [0, 0.05) is 48.8 Å². The van der Waals surface area contributed by atoms with Crippen LogP contribution >= 0.6 is 0 Å². The number of H-pyrrole nitrogens is 1. The molecule has 0 radical (unpaired) electrons. The second-order valence-electron chi connectivity index (χ2n) is 10.7. The van der Waals surface area contributed by atoms with E-state index in [-0.39, 0.29) is 5.91 Å². The smallest absolute Gasteiger partial charge is 0.254 e. The summed E-state index contributed by atoms with van der Waals surface area (Å²) < 4.78 is 0. The average Bonchev–Trinajstić information content (AvgIpc) is 3.16. The van der Waals surface area contributed by atoms with Crippen LogP contribution in [0.5, 0.6) is 0 Å². The summed E-state index contributed by atoms with van der Waals surface area (Å²) in [5.41, 5.74) is 8.27. The molecule has 1 aliphatic heterocycles. The van der Waals surface area contributed by atoms with Crippen LogP contribution in [0.3, 0.4) is 0 Å². The van der Waals surface area contributed by atoms with Crippen molar-refractivity contribution in [2.24, 2.45) is 0 Å². The summed E-state index contributed by atoms with van der Waals surface area (Å²) in [6.07, 6.45) is 4.56. The van der Waals surface area contributed by atoms with Gasteiger partial charge >= 0.3 is 0 Å². The molecule has 1 saturated carbocycles. The van der Waals surface area contributed by atoms with Crippen LogP contribution in [0.2, 0.25) is 0 Å². The Morgan fingerprint density at radius 2 is 1.86 bits per heavy atom. The first kappa shape index (κ1) is 24.3. The van der Waals surface area contributed by atoms with Crippen molar-refractivity contribution < 1.29 is 4.79 Å². The zero-order valence-corrected chi connectivity index (χ0v) is 21.8. The SMILES string of the molecule is Cc1cc(C2CCC2)c(-c2nc(CCN(C)C)c(C)[nH]2)cc1C(=O)N1CC(c2ccc(C#N)cc2)C1. The monoisotopic (exact) mass is 481 g/mol. The topological polar surface area (TPSA) is 76.0 Å². The number of likely N-dealkylation sites (tertiary alicyclic amines) is 1. The van der Waals surface area contributed by atoms with E-state index in [1.165, 1.54) is 30.4 Å². The minimum absolute atomic E-state index is 0.0925. The summed E-state index contributed by atoms with van der Waals surface area (Å²) in [6.45, 7) is 6.52. The second kappa shape index (κ2) is 9.91. The molecule has 3 aromatic rings. The summed E-state index contributed by atoms with van der Waals surface area (Å²) in [5.74, 6) is 1.84. The number of hydrogen-bond acceptors (Lipinski definition) is 4. The van der Waals surface area contributed by atoms with Gasteiger partial charge in [0.1, 0.15) is 5.82 Å². The number of nitrogens with one attached hydrogen (secondary N) is 1. The van der Waals surface area contributed by atoms with Crippen LogP contribution in [0.25, 0.3) is 11.4 Å². The van der Waals surface area contributed by atoms with E-state index in [9.17, 15) is 4.79 Å². The fraction of sp³-hybridized carbons (Fsp3) is 0.433. The molecule has 2 aliphatic rings. The summed E-state index contributed by atoms with van der Waals surface area (Å²) >= 11 is 0. The van der Waals surface area contributed by atoms with Crippen LogP contribution in [0.1, 0.15) is 75.1 Å². The molecule has 2 aromatic carbocycles. The first-order valence-electron chi connectivity index (χ1n) is 13.0. The van der Waals surface area contributed by atoms with Crippen molar-refractivity contribution in [3.05, 3.63) is 75.6 Å². The Morgan fingerprint density at radius 3 is 2.47 bits per heavy atom. The van der Waals surface area contributed by atoms with Gasteiger partial charge in [0.05, 0.1) is 17.3 Å². The minimum Gasteiger partial charge on any atom is -0.342 e. The highest BCUT2D eigenvalue weighted by Crippen LogP contribution is 2.42. The number of aryl methyl sites for hydroxylation is 2. The van der Waals surface area contributed by atoms with Gasteiger partial charge in [-0.3, -0.25) is 4.79 Å². The third-order valence-electron chi connectivity index (χ3n) is 7.89. The van der Waals surface area contributed by atoms with E-state index in [4.69, 9.17) is 10.2 Å². The van der Waals surface area contributed by atoms with E-state index < -0.39 is 0 Å². The summed E-state index contributed by atoms with van der Waals surface area (Å²) in [7, 11) is 4.16. The van der Waals surface area contributed by atoms with Crippen molar-refractivity contribution in [3.8, 4) is 17.5 Å². The lowest BCUT2D eigenvalue weighted by atomic mass is 9.77. The van der Waals surface area contributed by atoms with Crippen LogP contribution in [0, 0.1) is 25.2 Å². The quantitative estimate of drug-likeness (QED) is 0.505. The Balaban J connectivity index is 1.40. The predicted octanol–water partition coefficient (Wildman–Crippen LogP) is 5.18. The maximum atomic E-state index is 13.6. The lowest BCUT2D eigenvalue weighted by Gasteiger charge is -2.40. The highest BCUT2D eigenvalue weighted by atomic mass is 16.2. The average molecular weight is 482 g/mol. The molecular weight excluding hydrogens is 446 g/mol. The zero-order valence-electron chi connectivity index (χ0n) is 21.8. The molecule has 186 valence electrons. The second-order valence-corrected chi connectivity index (χ2v) is 10.7. The fourth-order valence-electron chi connectivity index (χ4n) is 5.28. The number of carbonyl (C=O) groups excluding carboxylic acids is 1. The number of carbonyl (C=O) groups is 1. The number of benzene rings is 2. The van der Waals surface area contributed by atoms with Gasteiger partial charge < -0.3 is 14.8 Å². The highest BCUT2D eigenvalue weighted by Gasteiger charge is 2.34. The zero-order chi connectivity index (χ0) is 25.4. The standard InChI is InChI=1S/C30H35N5O/c1-19-14-26(23-6-5-7-23)27(29-32-20(2)28(33-29)12-13-34(3)4)15-25(19)30(36)35-17-24(18-35)22-10-8-21(16-31)9-11-22/h8-11,14-15,23-24H,5-7,12-13,17-18H2,1-4H3,(H,32,33). The normalized spacial score (nSPS) is 16.1. The van der Waals surface area contributed by atoms with E-state index in [0.717, 1.165) is 46.9 Å². The van der Waals surface area contributed by atoms with Crippen molar-refractivity contribution in [2.45, 2.75) is 51.4 Å². The first-order valence-corrected chi connectivity index (χ1v) is 13.0. The van der Waals surface area contributed by atoms with E-state index in [1.807, 2.05) is 29.2 Å². The third-order valence-corrected chi connectivity index (χ3v) is 7.89. The van der Waals surface area contributed by atoms with E-state index >= 15 is 0 Å². The van der Waals surface area contributed by atoms with E-state index in [2.05, 4.69) is 56.0 Å². The molecule has 0 bridgehead atoms. The number of aromatic nitrogens is 2. The molecule has 0 unspecified atom stereocenters. The summed E-state index contributed by atoms with van der Waals surface area (Å²) in [6, 6.07) is 14.2. The molecule has 1 amide bonds. The van der Waals surface area contributed by atoms with Gasteiger partial charge in [0.25, 0.3) is 5.91 Å². The lowest BCUT2D eigenvalue weighted by molar-refractivity contribution is 0.0601. The molecule has 6 heteroatoms. The number of hydrogen-bond donors (Lipinski definition) is 1. The summed E-state index contributed by atoms with van der Waals surface area (Å²) in [5, 5.41) is 9.04. The Bertz CT molecular complexity index is 1300. The first-order chi connectivity index (χ1) is 17.3. The lowest BCUT2D eigenvalue weighted by Crippen LogP contribution is -2.48. The van der Waals surface area contributed by atoms with Crippen LogP contribution in [0.4, 0.5) is 0 Å². The largest absolute Gasteiger partial charge is 0.342 e. The molecule has 1 saturated heterocycles. The van der Waals surface area contributed by atoms with Gasteiger partial charge in [-0.2, -0.15) is 5.26 Å². The van der Waals surface area contributed by atoms with Crippen LogP contribution in [-0.4, -0.2) is 59.4 Å². The van der Waals surface area contributed by atoms with Crippen molar-refractivity contribution in [1.29, 1.82) is 5.26 Å². The Morgan fingerprint density at radius 1 is 1.14 bits per heavy atom. The van der Waals surface area contributed by atoms with Gasteiger partial charge in [0.15, 0.2) is 0 Å². The Labute approximate surface area is 214 Å². The molecule has 1 aromatic heterocycles. The fourth-order valence-corrected chi connectivity index (χ4v) is 5.28. The van der Waals surface area contributed by atoms with Crippen molar-refractivity contribution in [1.82, 2.24) is 19.8 Å². The predicted molar refractivity (Wildman–Crippen MR) is 142 cm³/mol. The van der Waals surface area contributed by atoms with Gasteiger partial charge in [-0.1, -0.05) is 24.6 Å². The van der Waals surface area contributed by atoms with Gasteiger partial charge in [0.2, 0.25) is 0 Å². The molecule has 6 nitrogen and oxygen atoms in total. The minimum atomic E-state index is 0.0925. The van der Waals surface area contributed by atoms with Crippen LogP contribution in [-0.2, 0) is 6.42 Å². The maximum Gasteiger partial charge on any atom is 0.254 e. The van der Waals surface area contributed by atoms with Crippen molar-refractivity contribution in [3.63, 3.8) is 0 Å².